The van der Waals surface area contributed by atoms with Crippen molar-refractivity contribution < 1.29 is 0 Å². The Hall–Kier alpha value is -4.82. The highest BCUT2D eigenvalue weighted by molar-refractivity contribution is 5.81. The van der Waals surface area contributed by atoms with Crippen LogP contribution in [0, 0.1) is 13.8 Å². The number of benzene rings is 5. The molecule has 1 aliphatic rings. The third kappa shape index (κ3) is 5.34. The van der Waals surface area contributed by atoms with Crippen molar-refractivity contribution in [3.63, 3.8) is 0 Å². The SMILES string of the molecule is Cc1cccc(NC2(c3ccccc3)C=CC(c3ccc(N(c4ccccc4)c4cccc(C)c4)cc3)=CC2)c1. The van der Waals surface area contributed by atoms with Crippen LogP contribution < -0.4 is 10.2 Å². The fourth-order valence-electron chi connectivity index (χ4n) is 5.54. The number of rotatable bonds is 7. The van der Waals surface area contributed by atoms with Gasteiger partial charge in [0.05, 0.1) is 5.54 Å². The summed E-state index contributed by atoms with van der Waals surface area (Å²) < 4.78 is 0. The zero-order valence-electron chi connectivity index (χ0n) is 23.1. The van der Waals surface area contributed by atoms with E-state index in [1.54, 1.807) is 0 Å². The number of anilines is 4. The molecule has 0 radical (unpaired) electrons. The average molecular weight is 519 g/mol. The van der Waals surface area contributed by atoms with Gasteiger partial charge < -0.3 is 10.2 Å². The number of para-hydroxylation sites is 1. The molecular weight excluding hydrogens is 484 g/mol. The van der Waals surface area contributed by atoms with E-state index in [9.17, 15) is 0 Å². The third-order valence-corrected chi connectivity index (χ3v) is 7.60. The van der Waals surface area contributed by atoms with Gasteiger partial charge >= 0.3 is 0 Å². The van der Waals surface area contributed by atoms with Crippen molar-refractivity contribution in [2.24, 2.45) is 0 Å². The van der Waals surface area contributed by atoms with Gasteiger partial charge in [-0.2, -0.15) is 0 Å². The molecule has 0 aromatic heterocycles. The van der Waals surface area contributed by atoms with E-state index in [-0.39, 0.29) is 5.54 Å². The maximum absolute atomic E-state index is 3.85. The summed E-state index contributed by atoms with van der Waals surface area (Å²) in [6.07, 6.45) is 7.82. The maximum Gasteiger partial charge on any atom is 0.0847 e. The Balaban J connectivity index is 1.30. The molecule has 5 aromatic carbocycles. The lowest BCUT2D eigenvalue weighted by Gasteiger charge is -2.35. The summed E-state index contributed by atoms with van der Waals surface area (Å²) in [7, 11) is 0. The molecule has 0 aliphatic heterocycles. The van der Waals surface area contributed by atoms with Crippen molar-refractivity contribution in [1.29, 1.82) is 0 Å². The van der Waals surface area contributed by atoms with E-state index in [2.05, 4.69) is 176 Å². The lowest BCUT2D eigenvalue weighted by Crippen LogP contribution is -2.34. The Morgan fingerprint density at radius 3 is 1.88 bits per heavy atom. The topological polar surface area (TPSA) is 15.3 Å². The normalized spacial score (nSPS) is 16.3. The van der Waals surface area contributed by atoms with Gasteiger partial charge in [0.2, 0.25) is 0 Å². The Morgan fingerprint density at radius 1 is 0.600 bits per heavy atom. The lowest BCUT2D eigenvalue weighted by atomic mass is 9.81. The quantitative estimate of drug-likeness (QED) is 0.231. The maximum atomic E-state index is 3.85. The molecule has 0 heterocycles. The highest BCUT2D eigenvalue weighted by Crippen LogP contribution is 2.39. The Kier molecular flexibility index (Phi) is 7.08. The van der Waals surface area contributed by atoms with Crippen LogP contribution in [0.25, 0.3) is 5.57 Å². The number of hydrogen-bond acceptors (Lipinski definition) is 2. The van der Waals surface area contributed by atoms with Crippen molar-refractivity contribution in [3.8, 4) is 0 Å². The Labute approximate surface area is 238 Å². The van der Waals surface area contributed by atoms with E-state index < -0.39 is 0 Å². The second-order valence-electron chi connectivity index (χ2n) is 10.6. The van der Waals surface area contributed by atoms with Gasteiger partial charge in [-0.1, -0.05) is 103 Å². The number of nitrogens with one attached hydrogen (secondary N) is 1. The summed E-state index contributed by atoms with van der Waals surface area (Å²) in [4.78, 5) is 2.31. The lowest BCUT2D eigenvalue weighted by molar-refractivity contribution is 0.619. The molecule has 40 heavy (non-hydrogen) atoms. The van der Waals surface area contributed by atoms with Gasteiger partial charge in [-0.05, 0) is 96.6 Å². The molecule has 0 saturated carbocycles. The molecule has 0 saturated heterocycles. The van der Waals surface area contributed by atoms with Gasteiger partial charge in [0, 0.05) is 22.7 Å². The van der Waals surface area contributed by atoms with E-state index in [4.69, 9.17) is 0 Å². The largest absolute Gasteiger partial charge is 0.372 e. The van der Waals surface area contributed by atoms with E-state index in [1.807, 2.05) is 0 Å². The fourth-order valence-corrected chi connectivity index (χ4v) is 5.54. The minimum atomic E-state index is -0.298. The highest BCUT2D eigenvalue weighted by atomic mass is 15.1. The average Bonchev–Trinajstić information content (AvgIpc) is 2.99. The zero-order chi connectivity index (χ0) is 27.4. The first-order valence-electron chi connectivity index (χ1n) is 13.9. The molecule has 1 N–H and O–H groups in total. The minimum Gasteiger partial charge on any atom is -0.372 e. The van der Waals surface area contributed by atoms with Crippen molar-refractivity contribution in [2.45, 2.75) is 25.8 Å². The van der Waals surface area contributed by atoms with Gasteiger partial charge in [0.15, 0.2) is 0 Å². The third-order valence-electron chi connectivity index (χ3n) is 7.60. The molecule has 0 spiro atoms. The van der Waals surface area contributed by atoms with Gasteiger partial charge in [-0.3, -0.25) is 0 Å². The predicted octanol–water partition coefficient (Wildman–Crippen LogP) is 10.1. The summed E-state index contributed by atoms with van der Waals surface area (Å²) in [5, 5.41) is 3.85. The van der Waals surface area contributed by atoms with E-state index in [0.717, 1.165) is 29.2 Å². The Bertz CT molecular complexity index is 1650. The van der Waals surface area contributed by atoms with Crippen LogP contribution in [0.4, 0.5) is 22.7 Å². The van der Waals surface area contributed by atoms with Gasteiger partial charge in [-0.15, -0.1) is 0 Å². The van der Waals surface area contributed by atoms with E-state index >= 15 is 0 Å². The summed E-state index contributed by atoms with van der Waals surface area (Å²) >= 11 is 0. The van der Waals surface area contributed by atoms with Crippen molar-refractivity contribution in [3.05, 3.63) is 174 Å². The molecule has 0 fully saturated rings. The highest BCUT2D eigenvalue weighted by Gasteiger charge is 2.30. The molecular formula is C38H34N2. The molecule has 2 heteroatoms. The standard InChI is InChI=1S/C38H34N2/c1-29-11-9-15-34(27-29)39-38(33-13-5-3-6-14-33)25-23-32(24-26-38)31-19-21-36(22-20-31)40(35-16-7-4-8-17-35)37-18-10-12-30(2)28-37/h3-25,27-28,39H,26H2,1-2H3. The van der Waals surface area contributed by atoms with Gasteiger partial charge in [0.25, 0.3) is 0 Å². The van der Waals surface area contributed by atoms with Crippen LogP contribution in [0.3, 0.4) is 0 Å². The monoisotopic (exact) mass is 518 g/mol. The molecule has 0 bridgehead atoms. The molecule has 0 amide bonds. The van der Waals surface area contributed by atoms with Crippen LogP contribution >= 0.6 is 0 Å². The Morgan fingerprint density at radius 2 is 1.23 bits per heavy atom. The smallest absolute Gasteiger partial charge is 0.0847 e. The van der Waals surface area contributed by atoms with Crippen LogP contribution in [0.15, 0.2) is 152 Å². The summed E-state index contributed by atoms with van der Waals surface area (Å²) in [6.45, 7) is 4.28. The predicted molar refractivity (Wildman–Crippen MR) is 171 cm³/mol. The molecule has 1 atom stereocenters. The molecule has 1 aliphatic carbocycles. The summed E-state index contributed by atoms with van der Waals surface area (Å²) in [6, 6.07) is 47.5. The first-order chi connectivity index (χ1) is 19.6. The molecule has 2 nitrogen and oxygen atoms in total. The van der Waals surface area contributed by atoms with E-state index in [0.29, 0.717) is 0 Å². The fraction of sp³-hybridized carbons (Fsp3) is 0.105. The molecule has 6 rings (SSSR count). The number of nitrogens with zero attached hydrogens (tertiary/aromatic N) is 1. The van der Waals surface area contributed by atoms with Gasteiger partial charge in [-0.25, -0.2) is 0 Å². The second kappa shape index (κ2) is 11.1. The zero-order valence-corrected chi connectivity index (χ0v) is 23.1. The van der Waals surface area contributed by atoms with Crippen molar-refractivity contribution in [2.75, 3.05) is 10.2 Å². The molecule has 1 unspecified atom stereocenters. The van der Waals surface area contributed by atoms with Crippen molar-refractivity contribution >= 4 is 28.3 Å². The summed E-state index contributed by atoms with van der Waals surface area (Å²) in [5.41, 5.74) is 10.5. The second-order valence-corrected chi connectivity index (χ2v) is 10.6. The van der Waals surface area contributed by atoms with Crippen molar-refractivity contribution in [1.82, 2.24) is 0 Å². The molecule has 5 aromatic rings. The summed E-state index contributed by atoms with van der Waals surface area (Å²) in [5.74, 6) is 0. The first-order valence-corrected chi connectivity index (χ1v) is 13.9. The van der Waals surface area contributed by atoms with Gasteiger partial charge in [0.1, 0.15) is 0 Å². The van der Waals surface area contributed by atoms with E-state index in [1.165, 1.54) is 27.8 Å². The van der Waals surface area contributed by atoms with Crippen LogP contribution in [0.2, 0.25) is 0 Å². The minimum absolute atomic E-state index is 0.298. The van der Waals surface area contributed by atoms with Crippen LogP contribution in [-0.4, -0.2) is 0 Å². The number of aryl methyl sites for hydroxylation is 2. The van der Waals surface area contributed by atoms with Crippen LogP contribution in [-0.2, 0) is 5.54 Å². The molecule has 196 valence electrons. The number of allylic oxidation sites excluding steroid dienone is 2. The number of hydrogen-bond donors (Lipinski definition) is 1. The van der Waals surface area contributed by atoms with Crippen LogP contribution in [0.5, 0.6) is 0 Å². The van der Waals surface area contributed by atoms with Crippen LogP contribution in [0.1, 0.15) is 28.7 Å². The first kappa shape index (κ1) is 25.5.